The highest BCUT2D eigenvalue weighted by atomic mass is 32.2. The maximum atomic E-state index is 11.1. The number of ether oxygens (including phenoxy) is 1. The lowest BCUT2D eigenvalue weighted by Gasteiger charge is -2.31. The van der Waals surface area contributed by atoms with Crippen LogP contribution in [0.2, 0.25) is 0 Å². The summed E-state index contributed by atoms with van der Waals surface area (Å²) in [5, 5.41) is 23.4. The quantitative estimate of drug-likeness (QED) is 0.225. The van der Waals surface area contributed by atoms with Crippen molar-refractivity contribution in [3.8, 4) is 0 Å². The third-order valence-electron chi connectivity index (χ3n) is 6.54. The van der Waals surface area contributed by atoms with Crippen molar-refractivity contribution in [1.29, 1.82) is 0 Å². The zero-order chi connectivity index (χ0) is 21.8. The van der Waals surface area contributed by atoms with Crippen LogP contribution in [0.25, 0.3) is 0 Å². The van der Waals surface area contributed by atoms with Gasteiger partial charge in [-0.2, -0.15) is 11.8 Å². The van der Waals surface area contributed by atoms with Gasteiger partial charge in [-0.3, -0.25) is 4.79 Å². The molecule has 0 saturated carbocycles. The lowest BCUT2D eigenvalue weighted by molar-refractivity contribution is -0.137. The number of carboxylic acid groups (broad SMARTS) is 1. The van der Waals surface area contributed by atoms with Gasteiger partial charge in [-0.15, -0.1) is 0 Å². The molecule has 0 spiro atoms. The summed E-state index contributed by atoms with van der Waals surface area (Å²) in [7, 11) is 0. The van der Waals surface area contributed by atoms with Crippen molar-refractivity contribution < 1.29 is 19.7 Å². The topological polar surface area (TPSA) is 78.8 Å². The SMILES string of the molecule is CCCSCCC(O)(CCC)CNC[C@@H]1[C@H](CC=CCCCC(=O)O)[C@@H]2CC[C@H]1O2. The Bertz CT molecular complexity index is 529. The Kier molecular flexibility index (Phi) is 11.8. The van der Waals surface area contributed by atoms with Crippen molar-refractivity contribution in [2.24, 2.45) is 11.8 Å². The largest absolute Gasteiger partial charge is 0.481 e. The molecule has 5 nitrogen and oxygen atoms in total. The average Bonchev–Trinajstić information content (AvgIpc) is 3.30. The van der Waals surface area contributed by atoms with Crippen LogP contribution < -0.4 is 5.32 Å². The predicted molar refractivity (Wildman–Crippen MR) is 125 cm³/mol. The van der Waals surface area contributed by atoms with E-state index in [2.05, 4.69) is 31.3 Å². The molecule has 174 valence electrons. The predicted octanol–water partition coefficient (Wildman–Crippen LogP) is 4.64. The van der Waals surface area contributed by atoms with Gasteiger partial charge in [-0.1, -0.05) is 32.4 Å². The molecule has 2 aliphatic rings. The summed E-state index contributed by atoms with van der Waals surface area (Å²) in [5.74, 6) is 2.52. The number of carboxylic acids is 1. The fourth-order valence-corrected chi connectivity index (χ4v) is 5.99. The number of hydrogen-bond donors (Lipinski definition) is 3. The molecule has 0 aromatic carbocycles. The maximum absolute atomic E-state index is 11.1. The molecule has 3 N–H and O–H groups in total. The molecule has 2 rings (SSSR count). The van der Waals surface area contributed by atoms with Gasteiger partial charge in [0, 0.05) is 25.4 Å². The molecule has 6 heteroatoms. The third-order valence-corrected chi connectivity index (χ3v) is 7.73. The van der Waals surface area contributed by atoms with E-state index in [0.717, 1.165) is 57.2 Å². The molecule has 0 amide bonds. The Balaban J connectivity index is 1.77. The van der Waals surface area contributed by atoms with E-state index in [1.807, 2.05) is 11.8 Å². The second kappa shape index (κ2) is 13.8. The second-order valence-electron chi connectivity index (χ2n) is 9.08. The van der Waals surface area contributed by atoms with E-state index >= 15 is 0 Å². The first-order valence-electron chi connectivity index (χ1n) is 12.0. The minimum absolute atomic E-state index is 0.242. The summed E-state index contributed by atoms with van der Waals surface area (Å²) < 4.78 is 6.21. The molecule has 2 aliphatic heterocycles. The van der Waals surface area contributed by atoms with E-state index in [0.29, 0.717) is 37.0 Å². The number of unbranched alkanes of at least 4 members (excludes halogenated alkanes) is 1. The number of rotatable bonds is 17. The normalized spacial score (nSPS) is 27.7. The van der Waals surface area contributed by atoms with E-state index in [1.165, 1.54) is 12.2 Å². The number of aliphatic carboxylic acids is 1. The number of hydrogen-bond acceptors (Lipinski definition) is 5. The van der Waals surface area contributed by atoms with Crippen LogP contribution in [0.15, 0.2) is 12.2 Å². The van der Waals surface area contributed by atoms with Gasteiger partial charge in [0.15, 0.2) is 0 Å². The molecule has 2 saturated heterocycles. The van der Waals surface area contributed by atoms with E-state index in [-0.39, 0.29) is 6.42 Å². The molecular weight excluding hydrogens is 398 g/mol. The zero-order valence-electron chi connectivity index (χ0n) is 19.0. The summed E-state index contributed by atoms with van der Waals surface area (Å²) in [5.41, 5.74) is -0.604. The lowest BCUT2D eigenvalue weighted by atomic mass is 9.77. The summed E-state index contributed by atoms with van der Waals surface area (Å²) >= 11 is 1.94. The van der Waals surface area contributed by atoms with Gasteiger partial charge in [-0.25, -0.2) is 0 Å². The molecule has 1 unspecified atom stereocenters. The number of aliphatic hydroxyl groups is 1. The molecular formula is C24H43NO4S. The van der Waals surface area contributed by atoms with Gasteiger partial charge in [0.2, 0.25) is 0 Å². The minimum Gasteiger partial charge on any atom is -0.481 e. The number of nitrogens with one attached hydrogen (secondary N) is 1. The van der Waals surface area contributed by atoms with Crippen molar-refractivity contribution >= 4 is 17.7 Å². The Labute approximate surface area is 187 Å². The van der Waals surface area contributed by atoms with Crippen molar-refractivity contribution in [2.45, 2.75) is 95.9 Å². The van der Waals surface area contributed by atoms with E-state index in [4.69, 9.17) is 9.84 Å². The minimum atomic E-state index is -0.719. The Morgan fingerprint density at radius 2 is 1.90 bits per heavy atom. The summed E-state index contributed by atoms with van der Waals surface area (Å²) in [6.45, 7) is 5.92. The van der Waals surface area contributed by atoms with Crippen LogP contribution in [0, 0.1) is 11.8 Å². The molecule has 0 aromatic rings. The van der Waals surface area contributed by atoms with Gasteiger partial charge >= 0.3 is 5.97 Å². The van der Waals surface area contributed by atoms with Crippen LogP contribution >= 0.6 is 11.8 Å². The number of allylic oxidation sites excluding steroid dienone is 2. The van der Waals surface area contributed by atoms with Crippen LogP contribution in [-0.2, 0) is 9.53 Å². The highest BCUT2D eigenvalue weighted by Gasteiger charge is 2.47. The molecule has 0 aromatic heterocycles. The first-order chi connectivity index (χ1) is 14.5. The molecule has 0 radical (unpaired) electrons. The van der Waals surface area contributed by atoms with Gasteiger partial charge in [-0.05, 0) is 68.8 Å². The fourth-order valence-electron chi connectivity index (χ4n) is 4.97. The van der Waals surface area contributed by atoms with Crippen molar-refractivity contribution in [2.75, 3.05) is 24.6 Å². The Hall–Kier alpha value is -0.560. The van der Waals surface area contributed by atoms with Gasteiger partial charge in [0.25, 0.3) is 0 Å². The Morgan fingerprint density at radius 3 is 2.60 bits per heavy atom. The van der Waals surface area contributed by atoms with Crippen molar-refractivity contribution in [3.05, 3.63) is 12.2 Å². The van der Waals surface area contributed by atoms with Crippen molar-refractivity contribution in [1.82, 2.24) is 5.32 Å². The van der Waals surface area contributed by atoms with Gasteiger partial charge < -0.3 is 20.3 Å². The molecule has 30 heavy (non-hydrogen) atoms. The molecule has 0 aliphatic carbocycles. The zero-order valence-corrected chi connectivity index (χ0v) is 19.8. The molecule has 5 atom stereocenters. The highest BCUT2D eigenvalue weighted by molar-refractivity contribution is 7.99. The summed E-state index contributed by atoms with van der Waals surface area (Å²) in [6, 6.07) is 0. The third kappa shape index (κ3) is 8.52. The number of thioether (sulfide) groups is 1. The van der Waals surface area contributed by atoms with Crippen LogP contribution in [0.3, 0.4) is 0 Å². The second-order valence-corrected chi connectivity index (χ2v) is 10.3. The van der Waals surface area contributed by atoms with E-state index < -0.39 is 11.6 Å². The number of carbonyl (C=O) groups is 1. The van der Waals surface area contributed by atoms with Crippen LogP contribution in [0.4, 0.5) is 0 Å². The van der Waals surface area contributed by atoms with Crippen LogP contribution in [-0.4, -0.2) is 58.6 Å². The standard InChI is InChI=1S/C24H43NO4S/c1-3-13-24(28,14-16-30-15-4-2)18-25-17-20-19(21-11-12-22(20)29-21)9-7-5-6-8-10-23(26)27/h5,7,19-22,25,28H,3-4,6,8-18H2,1-2H3,(H,26,27)/t19-,20+,21-,22+,24?/m0/s1. The van der Waals surface area contributed by atoms with Gasteiger partial charge in [0.05, 0.1) is 17.8 Å². The summed E-state index contributed by atoms with van der Waals surface area (Å²) in [6.07, 6.45) is 14.1. The van der Waals surface area contributed by atoms with E-state index in [1.54, 1.807) is 0 Å². The number of fused-ring (bicyclic) bond motifs is 2. The maximum Gasteiger partial charge on any atom is 0.303 e. The van der Waals surface area contributed by atoms with Gasteiger partial charge in [0.1, 0.15) is 0 Å². The van der Waals surface area contributed by atoms with Crippen LogP contribution in [0.5, 0.6) is 0 Å². The van der Waals surface area contributed by atoms with E-state index in [9.17, 15) is 9.90 Å². The van der Waals surface area contributed by atoms with Crippen LogP contribution in [0.1, 0.15) is 78.1 Å². The Morgan fingerprint density at radius 1 is 1.13 bits per heavy atom. The first kappa shape index (κ1) is 25.7. The van der Waals surface area contributed by atoms with Crippen molar-refractivity contribution in [3.63, 3.8) is 0 Å². The highest BCUT2D eigenvalue weighted by Crippen LogP contribution is 2.45. The fraction of sp³-hybridized carbons (Fsp3) is 0.875. The molecule has 2 fully saturated rings. The molecule has 2 bridgehead atoms. The first-order valence-corrected chi connectivity index (χ1v) is 13.2. The lowest BCUT2D eigenvalue weighted by Crippen LogP contribution is -2.44. The monoisotopic (exact) mass is 441 g/mol. The smallest absolute Gasteiger partial charge is 0.303 e. The molecule has 2 heterocycles. The summed E-state index contributed by atoms with van der Waals surface area (Å²) in [4.78, 5) is 10.6. The average molecular weight is 442 g/mol.